The van der Waals surface area contributed by atoms with Gasteiger partial charge in [0.15, 0.2) is 11.0 Å². The number of thioether (sulfide) groups is 1. The number of ether oxygens (including phenoxy) is 1. The van der Waals surface area contributed by atoms with E-state index in [0.29, 0.717) is 10.7 Å². The molecule has 0 bridgehead atoms. The second kappa shape index (κ2) is 8.44. The van der Waals surface area contributed by atoms with Crippen LogP contribution in [0.25, 0.3) is 0 Å². The Morgan fingerprint density at radius 2 is 1.92 bits per heavy atom. The van der Waals surface area contributed by atoms with Gasteiger partial charge in [-0.1, -0.05) is 42.1 Å². The molecule has 0 aromatic heterocycles. The van der Waals surface area contributed by atoms with Crippen molar-refractivity contribution >= 4 is 34.8 Å². The van der Waals surface area contributed by atoms with Gasteiger partial charge in [-0.05, 0) is 29.8 Å². The van der Waals surface area contributed by atoms with Crippen LogP contribution in [0.2, 0.25) is 0 Å². The molecule has 0 spiro atoms. The minimum absolute atomic E-state index is 0.0683. The highest BCUT2D eigenvalue weighted by molar-refractivity contribution is 8.15. The van der Waals surface area contributed by atoms with Crippen LogP contribution < -0.4 is 10.1 Å². The first-order valence-corrected chi connectivity index (χ1v) is 8.84. The number of ketones is 1. The monoisotopic (exact) mass is 367 g/mol. The third kappa shape index (κ3) is 4.58. The van der Waals surface area contributed by atoms with E-state index in [1.54, 1.807) is 37.6 Å². The first-order valence-electron chi connectivity index (χ1n) is 7.96. The molecule has 0 radical (unpaired) electrons. The van der Waals surface area contributed by atoms with E-state index in [4.69, 9.17) is 4.74 Å². The van der Waals surface area contributed by atoms with Crippen LogP contribution in [0.4, 0.5) is 0 Å². The summed E-state index contributed by atoms with van der Waals surface area (Å²) in [7, 11) is 1.61. The average Bonchev–Trinajstić information content (AvgIpc) is 3.02. The van der Waals surface area contributed by atoms with Gasteiger partial charge in [-0.25, -0.2) is 0 Å². The molecule has 0 aliphatic carbocycles. The maximum Gasteiger partial charge on any atom is 0.240 e. The Bertz CT molecular complexity index is 848. The van der Waals surface area contributed by atoms with Crippen LogP contribution >= 0.6 is 11.8 Å². The third-order valence-electron chi connectivity index (χ3n) is 3.71. The number of benzene rings is 2. The first kappa shape index (κ1) is 17.9. The van der Waals surface area contributed by atoms with Gasteiger partial charge < -0.3 is 10.1 Å². The number of nitrogens with zero attached hydrogens (tertiary/aromatic N) is 2. The van der Waals surface area contributed by atoms with Crippen molar-refractivity contribution in [2.75, 3.05) is 7.11 Å². The molecule has 1 aliphatic rings. The van der Waals surface area contributed by atoms with Crippen LogP contribution in [0.5, 0.6) is 5.75 Å². The normalized spacial score (nSPS) is 18.3. The van der Waals surface area contributed by atoms with E-state index < -0.39 is 5.25 Å². The Morgan fingerprint density at radius 1 is 1.19 bits per heavy atom. The molecule has 1 heterocycles. The highest BCUT2D eigenvalue weighted by Crippen LogP contribution is 2.24. The van der Waals surface area contributed by atoms with Crippen molar-refractivity contribution in [2.45, 2.75) is 11.7 Å². The number of carbonyl (C=O) groups excluding carboxylic acids is 2. The van der Waals surface area contributed by atoms with E-state index in [0.717, 1.165) is 11.3 Å². The summed E-state index contributed by atoms with van der Waals surface area (Å²) in [5.74, 6) is 0.469. The minimum atomic E-state index is -0.488. The summed E-state index contributed by atoms with van der Waals surface area (Å²) < 4.78 is 5.09. The second-order valence-corrected chi connectivity index (χ2v) is 6.70. The predicted molar refractivity (Wildman–Crippen MR) is 103 cm³/mol. The number of Topliss-reactive ketones (excluding diaryl/α,β-unsaturated/α-hetero) is 1. The standard InChI is InChI=1S/C19H17N3O3S/c1-25-15-9-7-13(8-10-15)12-20-22-19-21-18(24)17(26-19)11-16(23)14-5-3-2-4-6-14/h2-10,12,17H,11H2,1H3,(H,21,22,24)/b20-12-/t17-/m1/s1. The lowest BCUT2D eigenvalue weighted by molar-refractivity contribution is -0.118. The lowest BCUT2D eigenvalue weighted by Gasteiger charge is -2.04. The van der Waals surface area contributed by atoms with Gasteiger partial charge in [0.05, 0.1) is 18.6 Å². The molecule has 26 heavy (non-hydrogen) atoms. The van der Waals surface area contributed by atoms with Crippen LogP contribution in [-0.2, 0) is 4.79 Å². The van der Waals surface area contributed by atoms with E-state index >= 15 is 0 Å². The number of amides is 1. The second-order valence-electron chi connectivity index (χ2n) is 5.51. The topological polar surface area (TPSA) is 80.1 Å². The van der Waals surface area contributed by atoms with Crippen LogP contribution in [0.1, 0.15) is 22.3 Å². The summed E-state index contributed by atoms with van der Waals surface area (Å²) in [6, 6.07) is 16.3. The van der Waals surface area contributed by atoms with Crippen molar-refractivity contribution in [1.29, 1.82) is 0 Å². The van der Waals surface area contributed by atoms with Crippen LogP contribution in [0.15, 0.2) is 64.8 Å². The summed E-state index contributed by atoms with van der Waals surface area (Å²) in [5.41, 5.74) is 1.46. The van der Waals surface area contributed by atoms with E-state index in [-0.39, 0.29) is 18.1 Å². The molecule has 1 fully saturated rings. The maximum absolute atomic E-state index is 12.2. The summed E-state index contributed by atoms with van der Waals surface area (Å²) >= 11 is 1.22. The Hall–Kier alpha value is -2.93. The fourth-order valence-corrected chi connectivity index (χ4v) is 3.26. The molecular formula is C19H17N3O3S. The average molecular weight is 367 g/mol. The molecular weight excluding hydrogens is 350 g/mol. The van der Waals surface area contributed by atoms with E-state index in [2.05, 4.69) is 15.5 Å². The Labute approximate surface area is 155 Å². The van der Waals surface area contributed by atoms with Gasteiger partial charge in [-0.3, -0.25) is 9.59 Å². The number of nitrogens with one attached hydrogen (secondary N) is 1. The highest BCUT2D eigenvalue weighted by Gasteiger charge is 2.32. The van der Waals surface area contributed by atoms with E-state index in [1.807, 2.05) is 30.3 Å². The SMILES string of the molecule is COc1ccc(/C=N\N=C2/NC(=O)[C@@H](CC(=O)c3ccccc3)S2)cc1. The molecule has 1 aliphatic heterocycles. The van der Waals surface area contributed by atoms with Crippen molar-refractivity contribution in [3.63, 3.8) is 0 Å². The van der Waals surface area contributed by atoms with Crippen molar-refractivity contribution in [2.24, 2.45) is 10.2 Å². The van der Waals surface area contributed by atoms with Gasteiger partial charge in [-0.15, -0.1) is 5.10 Å². The van der Waals surface area contributed by atoms with E-state index in [9.17, 15) is 9.59 Å². The molecule has 2 aromatic rings. The molecule has 0 saturated carbocycles. The summed E-state index contributed by atoms with van der Waals surface area (Å²) in [4.78, 5) is 24.3. The van der Waals surface area contributed by atoms with Crippen LogP contribution in [-0.4, -0.2) is 35.4 Å². The Kier molecular flexibility index (Phi) is 5.80. The number of amidine groups is 1. The van der Waals surface area contributed by atoms with Crippen molar-refractivity contribution < 1.29 is 14.3 Å². The minimum Gasteiger partial charge on any atom is -0.497 e. The Balaban J connectivity index is 1.59. The van der Waals surface area contributed by atoms with Gasteiger partial charge >= 0.3 is 0 Å². The molecule has 2 aromatic carbocycles. The smallest absolute Gasteiger partial charge is 0.240 e. The lowest BCUT2D eigenvalue weighted by atomic mass is 10.1. The summed E-state index contributed by atoms with van der Waals surface area (Å²) in [6.07, 6.45) is 1.71. The van der Waals surface area contributed by atoms with Gasteiger partial charge in [0, 0.05) is 12.0 Å². The molecule has 6 nitrogen and oxygen atoms in total. The highest BCUT2D eigenvalue weighted by atomic mass is 32.2. The Morgan fingerprint density at radius 3 is 2.62 bits per heavy atom. The van der Waals surface area contributed by atoms with Gasteiger partial charge in [0.1, 0.15) is 5.75 Å². The predicted octanol–water partition coefficient (Wildman–Crippen LogP) is 2.89. The zero-order valence-corrected chi connectivity index (χ0v) is 14.9. The number of rotatable bonds is 6. The maximum atomic E-state index is 12.2. The van der Waals surface area contributed by atoms with E-state index in [1.165, 1.54) is 11.8 Å². The molecule has 7 heteroatoms. The van der Waals surface area contributed by atoms with Crippen LogP contribution in [0, 0.1) is 0 Å². The zero-order valence-electron chi connectivity index (χ0n) is 14.1. The number of hydrogen-bond donors (Lipinski definition) is 1. The lowest BCUT2D eigenvalue weighted by Crippen LogP contribution is -2.26. The summed E-state index contributed by atoms with van der Waals surface area (Å²) in [6.45, 7) is 0. The number of hydrogen-bond acceptors (Lipinski definition) is 6. The van der Waals surface area contributed by atoms with Gasteiger partial charge in [0.25, 0.3) is 0 Å². The number of methoxy groups -OCH3 is 1. The zero-order chi connectivity index (χ0) is 18.4. The molecule has 1 saturated heterocycles. The fraction of sp³-hybridized carbons (Fsp3) is 0.158. The third-order valence-corrected chi connectivity index (χ3v) is 4.79. The molecule has 1 N–H and O–H groups in total. The molecule has 0 unspecified atom stereocenters. The van der Waals surface area contributed by atoms with Crippen molar-refractivity contribution in [1.82, 2.24) is 5.32 Å². The molecule has 1 atom stereocenters. The molecule has 1 amide bonds. The van der Waals surface area contributed by atoms with Crippen LogP contribution in [0.3, 0.4) is 0 Å². The summed E-state index contributed by atoms with van der Waals surface area (Å²) in [5, 5.41) is 10.6. The van der Waals surface area contributed by atoms with Crippen molar-refractivity contribution in [3.05, 3.63) is 65.7 Å². The van der Waals surface area contributed by atoms with Gasteiger partial charge in [-0.2, -0.15) is 5.10 Å². The molecule has 132 valence electrons. The van der Waals surface area contributed by atoms with Crippen molar-refractivity contribution in [3.8, 4) is 5.75 Å². The largest absolute Gasteiger partial charge is 0.497 e. The quantitative estimate of drug-likeness (QED) is 0.484. The van der Waals surface area contributed by atoms with Gasteiger partial charge in [0.2, 0.25) is 5.91 Å². The molecule has 3 rings (SSSR count). The number of carbonyl (C=O) groups is 2. The first-order chi connectivity index (χ1) is 12.7. The fourth-order valence-electron chi connectivity index (χ4n) is 2.33.